The molecule has 0 N–H and O–H groups in total. The highest BCUT2D eigenvalue weighted by Gasteiger charge is 2.19. The zero-order valence-corrected chi connectivity index (χ0v) is 18.1. The molecule has 9 nitrogen and oxygen atoms in total. The van der Waals surface area contributed by atoms with Gasteiger partial charge in [-0.05, 0) is 31.2 Å². The molecular weight excluding hydrogens is 402 g/mol. The summed E-state index contributed by atoms with van der Waals surface area (Å²) in [5.74, 6) is 0.0915. The average molecular weight is 427 g/mol. The molecule has 31 heavy (non-hydrogen) atoms. The van der Waals surface area contributed by atoms with E-state index < -0.39 is 12.1 Å². The summed E-state index contributed by atoms with van der Waals surface area (Å²) < 4.78 is 9.96. The van der Waals surface area contributed by atoms with E-state index in [4.69, 9.17) is 24.0 Å². The Labute approximate surface area is 180 Å². The van der Waals surface area contributed by atoms with E-state index in [-0.39, 0.29) is 5.71 Å². The molecule has 0 saturated carbocycles. The number of ether oxygens (including phenoxy) is 2. The number of rotatable bonds is 10. The predicted octanol–water partition coefficient (Wildman–Crippen LogP) is 3.01. The van der Waals surface area contributed by atoms with Gasteiger partial charge in [0.2, 0.25) is 0 Å². The van der Waals surface area contributed by atoms with Gasteiger partial charge in [-0.15, -0.1) is 0 Å². The van der Waals surface area contributed by atoms with Crippen LogP contribution >= 0.6 is 0 Å². The second kappa shape index (κ2) is 12.0. The third-order valence-electron chi connectivity index (χ3n) is 4.15. The van der Waals surface area contributed by atoms with Crippen molar-refractivity contribution in [1.29, 1.82) is 0 Å². The SMILES string of the molecule is CO/N=C(\C(=O)OC)c1ccccc1/C=N/OC(C)/C(=N/OC)c1ccc(OC)cc1. The maximum atomic E-state index is 12.1. The van der Waals surface area contributed by atoms with E-state index in [9.17, 15) is 4.79 Å². The number of hydrogen-bond donors (Lipinski definition) is 0. The van der Waals surface area contributed by atoms with Crippen LogP contribution in [0.3, 0.4) is 0 Å². The second-order valence-electron chi connectivity index (χ2n) is 6.07. The third-order valence-corrected chi connectivity index (χ3v) is 4.15. The number of hydrogen-bond acceptors (Lipinski definition) is 9. The van der Waals surface area contributed by atoms with Crippen molar-refractivity contribution in [1.82, 2.24) is 0 Å². The Balaban J connectivity index is 2.23. The van der Waals surface area contributed by atoms with Gasteiger partial charge in [0.25, 0.3) is 0 Å². The van der Waals surface area contributed by atoms with Crippen LogP contribution in [0, 0.1) is 0 Å². The number of esters is 1. The van der Waals surface area contributed by atoms with Crippen molar-refractivity contribution in [2.75, 3.05) is 28.4 Å². The minimum absolute atomic E-state index is 0.0139. The van der Waals surface area contributed by atoms with Gasteiger partial charge in [0.1, 0.15) is 25.7 Å². The molecule has 0 aliphatic rings. The zero-order chi connectivity index (χ0) is 22.6. The van der Waals surface area contributed by atoms with Gasteiger partial charge in [0, 0.05) is 16.7 Å². The molecule has 0 aliphatic heterocycles. The fourth-order valence-corrected chi connectivity index (χ4v) is 2.66. The van der Waals surface area contributed by atoms with Crippen molar-refractivity contribution in [3.05, 3.63) is 65.2 Å². The summed E-state index contributed by atoms with van der Waals surface area (Å²) in [7, 11) is 5.67. The van der Waals surface area contributed by atoms with Gasteiger partial charge < -0.3 is 24.0 Å². The van der Waals surface area contributed by atoms with Gasteiger partial charge in [-0.2, -0.15) is 0 Å². The van der Waals surface area contributed by atoms with Crippen LogP contribution in [0.15, 0.2) is 64.0 Å². The van der Waals surface area contributed by atoms with Crippen molar-refractivity contribution >= 4 is 23.6 Å². The van der Waals surface area contributed by atoms with E-state index in [1.165, 1.54) is 27.5 Å². The Morgan fingerprint density at radius 3 is 2.23 bits per heavy atom. The first-order valence-corrected chi connectivity index (χ1v) is 9.29. The predicted molar refractivity (Wildman–Crippen MR) is 117 cm³/mol. The van der Waals surface area contributed by atoms with Crippen LogP contribution in [0.5, 0.6) is 5.75 Å². The second-order valence-corrected chi connectivity index (χ2v) is 6.07. The van der Waals surface area contributed by atoms with Crippen LogP contribution in [0.1, 0.15) is 23.6 Å². The molecule has 0 heterocycles. The van der Waals surface area contributed by atoms with Gasteiger partial charge in [-0.3, -0.25) is 0 Å². The zero-order valence-electron chi connectivity index (χ0n) is 18.1. The average Bonchev–Trinajstić information content (AvgIpc) is 2.81. The monoisotopic (exact) mass is 427 g/mol. The van der Waals surface area contributed by atoms with Gasteiger partial charge in [-0.25, -0.2) is 4.79 Å². The van der Waals surface area contributed by atoms with Crippen LogP contribution in [0.2, 0.25) is 0 Å². The molecule has 1 unspecified atom stereocenters. The normalized spacial score (nSPS) is 12.9. The first kappa shape index (κ1) is 23.4. The topological polar surface area (TPSA) is 100 Å². The number of nitrogens with zero attached hydrogens (tertiary/aromatic N) is 3. The minimum Gasteiger partial charge on any atom is -0.497 e. The Bertz CT molecular complexity index is 954. The lowest BCUT2D eigenvalue weighted by atomic mass is 10.0. The molecule has 9 heteroatoms. The van der Waals surface area contributed by atoms with E-state index in [0.717, 1.165) is 11.3 Å². The number of methoxy groups -OCH3 is 2. The van der Waals surface area contributed by atoms with Crippen molar-refractivity contribution in [3.8, 4) is 5.75 Å². The third kappa shape index (κ3) is 6.30. The van der Waals surface area contributed by atoms with Crippen LogP contribution < -0.4 is 4.74 Å². The molecule has 2 aromatic rings. The molecule has 0 bridgehead atoms. The van der Waals surface area contributed by atoms with Crippen molar-refractivity contribution in [2.45, 2.75) is 13.0 Å². The lowest BCUT2D eigenvalue weighted by Gasteiger charge is -2.13. The highest BCUT2D eigenvalue weighted by molar-refractivity contribution is 6.44. The number of oxime groups is 3. The smallest absolute Gasteiger partial charge is 0.360 e. The van der Waals surface area contributed by atoms with E-state index in [1.54, 1.807) is 38.3 Å². The Hall–Kier alpha value is -3.88. The molecule has 0 fully saturated rings. The Morgan fingerprint density at radius 1 is 0.935 bits per heavy atom. The quantitative estimate of drug-likeness (QED) is 0.328. The molecule has 2 rings (SSSR count). The molecule has 1 atom stereocenters. The first-order valence-electron chi connectivity index (χ1n) is 9.29. The van der Waals surface area contributed by atoms with Crippen LogP contribution in [0.25, 0.3) is 0 Å². The fourth-order valence-electron chi connectivity index (χ4n) is 2.66. The number of benzene rings is 2. The molecule has 164 valence electrons. The Kier molecular flexibility index (Phi) is 9.03. The van der Waals surface area contributed by atoms with E-state index in [2.05, 4.69) is 15.5 Å². The molecule has 0 amide bonds. The lowest BCUT2D eigenvalue weighted by molar-refractivity contribution is -0.132. The lowest BCUT2D eigenvalue weighted by Crippen LogP contribution is -2.21. The summed E-state index contributed by atoms with van der Waals surface area (Å²) in [5, 5.41) is 11.9. The van der Waals surface area contributed by atoms with Gasteiger partial charge >= 0.3 is 5.97 Å². The summed E-state index contributed by atoms with van der Waals surface area (Å²) >= 11 is 0. The van der Waals surface area contributed by atoms with Crippen molar-refractivity contribution in [3.63, 3.8) is 0 Å². The standard InChI is InChI=1S/C22H25N3O6/c1-15(20(24-29-4)16-10-12-18(27-2)13-11-16)31-23-14-17-8-6-7-9-19(17)21(25-30-5)22(26)28-3/h6-15H,1-5H3/b23-14+,24-20-,25-21-. The fraction of sp³-hybridized carbons (Fsp3) is 0.273. The molecule has 0 spiro atoms. The highest BCUT2D eigenvalue weighted by Crippen LogP contribution is 2.15. The summed E-state index contributed by atoms with van der Waals surface area (Å²) in [6.45, 7) is 1.79. The van der Waals surface area contributed by atoms with Gasteiger partial charge in [0.05, 0.1) is 20.4 Å². The molecule has 0 radical (unpaired) electrons. The van der Waals surface area contributed by atoms with Crippen LogP contribution in [-0.2, 0) is 24.0 Å². The van der Waals surface area contributed by atoms with E-state index >= 15 is 0 Å². The number of carbonyl (C=O) groups is 1. The molecular formula is C22H25N3O6. The largest absolute Gasteiger partial charge is 0.497 e. The first-order chi connectivity index (χ1) is 15.0. The summed E-state index contributed by atoms with van der Waals surface area (Å²) in [4.78, 5) is 27.4. The Morgan fingerprint density at radius 2 is 1.61 bits per heavy atom. The summed E-state index contributed by atoms with van der Waals surface area (Å²) in [6.07, 6.45) is 0.947. The summed E-state index contributed by atoms with van der Waals surface area (Å²) in [5.41, 5.74) is 2.43. The molecule has 0 saturated heterocycles. The van der Waals surface area contributed by atoms with Crippen molar-refractivity contribution in [2.24, 2.45) is 15.5 Å². The molecule has 2 aromatic carbocycles. The van der Waals surface area contributed by atoms with Crippen molar-refractivity contribution < 1.29 is 28.8 Å². The van der Waals surface area contributed by atoms with Crippen LogP contribution in [-0.4, -0.2) is 58.2 Å². The summed E-state index contributed by atoms with van der Waals surface area (Å²) in [6, 6.07) is 14.3. The maximum Gasteiger partial charge on any atom is 0.360 e. The van der Waals surface area contributed by atoms with E-state index in [0.29, 0.717) is 16.8 Å². The van der Waals surface area contributed by atoms with Gasteiger partial charge in [-0.1, -0.05) is 39.7 Å². The van der Waals surface area contributed by atoms with Gasteiger partial charge in [0.15, 0.2) is 11.8 Å². The molecule has 0 aromatic heterocycles. The van der Waals surface area contributed by atoms with Crippen LogP contribution in [0.4, 0.5) is 0 Å². The highest BCUT2D eigenvalue weighted by atomic mass is 16.6. The van der Waals surface area contributed by atoms with E-state index in [1.807, 2.05) is 24.3 Å². The maximum absolute atomic E-state index is 12.1. The molecule has 0 aliphatic carbocycles. The number of carbonyl (C=O) groups excluding carboxylic acids is 1. The minimum atomic E-state index is -0.633.